The Morgan fingerprint density at radius 2 is 1.82 bits per heavy atom. The van der Waals surface area contributed by atoms with Crippen LogP contribution in [0.25, 0.3) is 5.69 Å². The molecule has 3 nitrogen and oxygen atoms in total. The van der Waals surface area contributed by atoms with Crippen molar-refractivity contribution < 1.29 is 0 Å². The molecule has 0 atom stereocenters. The molecule has 0 saturated heterocycles. The maximum atomic E-state index is 5.60. The minimum Gasteiger partial charge on any atom is -0.326 e. The number of hydrogen-bond donors (Lipinski definition) is 1. The highest BCUT2D eigenvalue weighted by molar-refractivity contribution is 5.38. The molecule has 2 N–H and O–H groups in total. The normalized spacial score (nSPS) is 10.8. The summed E-state index contributed by atoms with van der Waals surface area (Å²) in [5.41, 5.74) is 11.5. The van der Waals surface area contributed by atoms with E-state index in [1.807, 2.05) is 4.68 Å². The van der Waals surface area contributed by atoms with E-state index in [-0.39, 0.29) is 0 Å². The average molecular weight is 229 g/mol. The van der Waals surface area contributed by atoms with Crippen LogP contribution < -0.4 is 5.73 Å². The van der Waals surface area contributed by atoms with Crippen LogP contribution in [0.15, 0.2) is 24.3 Å². The Morgan fingerprint density at radius 3 is 2.29 bits per heavy atom. The van der Waals surface area contributed by atoms with Gasteiger partial charge >= 0.3 is 0 Å². The number of nitrogens with two attached hydrogens (primary N) is 1. The predicted molar refractivity (Wildman–Crippen MR) is 70.3 cm³/mol. The Bertz CT molecular complexity index is 509. The molecule has 0 saturated carbocycles. The van der Waals surface area contributed by atoms with Gasteiger partial charge in [-0.25, -0.2) is 4.68 Å². The van der Waals surface area contributed by atoms with E-state index >= 15 is 0 Å². The van der Waals surface area contributed by atoms with E-state index in [9.17, 15) is 0 Å². The Hall–Kier alpha value is -1.61. The quantitative estimate of drug-likeness (QED) is 0.878. The van der Waals surface area contributed by atoms with Gasteiger partial charge in [0.05, 0.1) is 11.4 Å². The summed E-state index contributed by atoms with van der Waals surface area (Å²) in [6, 6.07) is 8.25. The van der Waals surface area contributed by atoms with Gasteiger partial charge in [-0.3, -0.25) is 0 Å². The summed E-state index contributed by atoms with van der Waals surface area (Å²) in [6.07, 6.45) is 1.03. The number of hydrogen-bond acceptors (Lipinski definition) is 2. The summed E-state index contributed by atoms with van der Waals surface area (Å²) in [4.78, 5) is 0. The maximum absolute atomic E-state index is 5.60. The number of nitrogens with zero attached hydrogens (tertiary/aromatic N) is 2. The Balaban J connectivity index is 2.45. The molecular formula is C14H19N3. The highest BCUT2D eigenvalue weighted by Crippen LogP contribution is 2.18. The topological polar surface area (TPSA) is 43.8 Å². The monoisotopic (exact) mass is 229 g/mol. The third-order valence-electron chi connectivity index (χ3n) is 3.21. The van der Waals surface area contributed by atoms with Gasteiger partial charge in [0, 0.05) is 12.2 Å². The molecule has 0 bridgehead atoms. The van der Waals surface area contributed by atoms with Crippen molar-refractivity contribution in [1.29, 1.82) is 0 Å². The smallest absolute Gasteiger partial charge is 0.0649 e. The minimum atomic E-state index is 0.581. The third-order valence-corrected chi connectivity index (χ3v) is 3.21. The highest BCUT2D eigenvalue weighted by atomic mass is 15.3. The lowest BCUT2D eigenvalue weighted by Gasteiger charge is -2.05. The number of aromatic nitrogens is 2. The largest absolute Gasteiger partial charge is 0.326 e. The Morgan fingerprint density at radius 1 is 1.18 bits per heavy atom. The summed E-state index contributed by atoms with van der Waals surface area (Å²) in [5.74, 6) is 0. The molecule has 0 aliphatic heterocycles. The van der Waals surface area contributed by atoms with Crippen molar-refractivity contribution in [2.75, 3.05) is 0 Å². The molecule has 0 unspecified atom stereocenters. The van der Waals surface area contributed by atoms with Crippen LogP contribution >= 0.6 is 0 Å². The van der Waals surface area contributed by atoms with Crippen molar-refractivity contribution >= 4 is 0 Å². The molecule has 17 heavy (non-hydrogen) atoms. The van der Waals surface area contributed by atoms with Crippen LogP contribution in [0.5, 0.6) is 0 Å². The first-order valence-electron chi connectivity index (χ1n) is 6.01. The summed E-state index contributed by atoms with van der Waals surface area (Å²) >= 11 is 0. The zero-order valence-electron chi connectivity index (χ0n) is 10.7. The first-order valence-corrected chi connectivity index (χ1v) is 6.01. The maximum Gasteiger partial charge on any atom is 0.0649 e. The van der Waals surface area contributed by atoms with E-state index in [4.69, 9.17) is 5.73 Å². The molecule has 2 aromatic rings. The van der Waals surface area contributed by atoms with Crippen LogP contribution in [0, 0.1) is 13.8 Å². The van der Waals surface area contributed by atoms with Crippen molar-refractivity contribution in [2.45, 2.75) is 33.7 Å². The molecule has 1 aromatic heterocycles. The molecule has 0 fully saturated rings. The predicted octanol–water partition coefficient (Wildman–Crippen LogP) is 2.51. The fourth-order valence-corrected chi connectivity index (χ4v) is 2.21. The minimum absolute atomic E-state index is 0.581. The second-order valence-electron chi connectivity index (χ2n) is 4.29. The zero-order chi connectivity index (χ0) is 12.4. The Kier molecular flexibility index (Phi) is 3.29. The summed E-state index contributed by atoms with van der Waals surface area (Å²) in [6.45, 7) is 6.93. The molecular weight excluding hydrogens is 210 g/mol. The van der Waals surface area contributed by atoms with E-state index in [1.165, 1.54) is 11.3 Å². The van der Waals surface area contributed by atoms with Gasteiger partial charge in [-0.2, -0.15) is 5.10 Å². The molecule has 90 valence electrons. The van der Waals surface area contributed by atoms with E-state index in [0.717, 1.165) is 23.4 Å². The average Bonchev–Trinajstić information content (AvgIpc) is 2.64. The lowest BCUT2D eigenvalue weighted by Crippen LogP contribution is -2.01. The standard InChI is InChI=1S/C14H19N3/c1-4-14-10(2)16-17(11(14)3)13-7-5-12(9-15)6-8-13/h5-8H,4,9,15H2,1-3H3. The van der Waals surface area contributed by atoms with Gasteiger partial charge in [-0.15, -0.1) is 0 Å². The van der Waals surface area contributed by atoms with Crippen molar-refractivity contribution in [2.24, 2.45) is 5.73 Å². The van der Waals surface area contributed by atoms with Crippen LogP contribution in [0.3, 0.4) is 0 Å². The lowest BCUT2D eigenvalue weighted by molar-refractivity contribution is 0.831. The molecule has 1 heterocycles. The highest BCUT2D eigenvalue weighted by Gasteiger charge is 2.10. The fraction of sp³-hybridized carbons (Fsp3) is 0.357. The van der Waals surface area contributed by atoms with Crippen LogP contribution in [0.2, 0.25) is 0 Å². The molecule has 0 radical (unpaired) electrons. The van der Waals surface area contributed by atoms with Gasteiger partial charge in [0.1, 0.15) is 0 Å². The molecule has 0 spiro atoms. The first kappa shape index (κ1) is 11.9. The van der Waals surface area contributed by atoms with Gasteiger partial charge in [0.25, 0.3) is 0 Å². The van der Waals surface area contributed by atoms with Gasteiger partial charge in [-0.1, -0.05) is 19.1 Å². The lowest BCUT2D eigenvalue weighted by atomic mass is 10.1. The van der Waals surface area contributed by atoms with Gasteiger partial charge in [0.2, 0.25) is 0 Å². The fourth-order valence-electron chi connectivity index (χ4n) is 2.21. The van der Waals surface area contributed by atoms with Crippen molar-refractivity contribution in [1.82, 2.24) is 9.78 Å². The second kappa shape index (κ2) is 4.72. The second-order valence-corrected chi connectivity index (χ2v) is 4.29. The van der Waals surface area contributed by atoms with Crippen LogP contribution in [0.4, 0.5) is 0 Å². The Labute approximate surface area is 102 Å². The van der Waals surface area contributed by atoms with E-state index in [0.29, 0.717) is 6.54 Å². The first-order chi connectivity index (χ1) is 8.17. The zero-order valence-corrected chi connectivity index (χ0v) is 10.7. The molecule has 0 amide bonds. The number of aryl methyl sites for hydroxylation is 1. The van der Waals surface area contributed by atoms with Crippen LogP contribution in [-0.2, 0) is 13.0 Å². The van der Waals surface area contributed by atoms with Gasteiger partial charge in [0.15, 0.2) is 0 Å². The summed E-state index contributed by atoms with van der Waals surface area (Å²) < 4.78 is 2.01. The van der Waals surface area contributed by atoms with Crippen molar-refractivity contribution in [3.05, 3.63) is 46.8 Å². The molecule has 0 aliphatic rings. The number of benzene rings is 1. The van der Waals surface area contributed by atoms with Crippen LogP contribution in [-0.4, -0.2) is 9.78 Å². The molecule has 2 rings (SSSR count). The van der Waals surface area contributed by atoms with Crippen LogP contribution in [0.1, 0.15) is 29.4 Å². The number of rotatable bonds is 3. The SMILES string of the molecule is CCc1c(C)nn(-c2ccc(CN)cc2)c1C. The summed E-state index contributed by atoms with van der Waals surface area (Å²) in [7, 11) is 0. The third kappa shape index (κ3) is 2.11. The van der Waals surface area contributed by atoms with Gasteiger partial charge < -0.3 is 5.73 Å². The summed E-state index contributed by atoms with van der Waals surface area (Å²) in [5, 5.41) is 4.59. The van der Waals surface area contributed by atoms with Gasteiger partial charge in [-0.05, 0) is 43.5 Å². The van der Waals surface area contributed by atoms with Crippen molar-refractivity contribution in [3.8, 4) is 5.69 Å². The van der Waals surface area contributed by atoms with E-state index in [1.54, 1.807) is 0 Å². The van der Waals surface area contributed by atoms with Crippen molar-refractivity contribution in [3.63, 3.8) is 0 Å². The molecule has 3 heteroatoms. The molecule has 0 aliphatic carbocycles. The van der Waals surface area contributed by atoms with E-state index < -0.39 is 0 Å². The molecule has 1 aromatic carbocycles. The van der Waals surface area contributed by atoms with E-state index in [2.05, 4.69) is 50.1 Å².